The van der Waals surface area contributed by atoms with Crippen molar-refractivity contribution in [2.45, 2.75) is 115 Å². The first-order chi connectivity index (χ1) is 32.7. The number of carbonyl (C=O) groups excluding carboxylic acids is 1. The zero-order valence-electron chi connectivity index (χ0n) is 39.6. The molecule has 10 rings (SSSR count). The van der Waals surface area contributed by atoms with E-state index in [0.717, 1.165) is 36.9 Å². The molecule has 14 nitrogen and oxygen atoms in total. The number of pyridine rings is 1. The zero-order chi connectivity index (χ0) is 47.6. The van der Waals surface area contributed by atoms with E-state index in [1.165, 1.54) is 0 Å². The van der Waals surface area contributed by atoms with E-state index < -0.39 is 29.4 Å². The highest BCUT2D eigenvalue weighted by atomic mass is 35.5. The largest absolute Gasteiger partial charge is 0.497 e. The van der Waals surface area contributed by atoms with Crippen LogP contribution in [0.4, 0.5) is 25.1 Å². The highest BCUT2D eigenvalue weighted by molar-refractivity contribution is 6.34. The van der Waals surface area contributed by atoms with Gasteiger partial charge >= 0.3 is 12.1 Å². The van der Waals surface area contributed by atoms with E-state index in [1.807, 2.05) is 86.0 Å². The van der Waals surface area contributed by atoms with Crippen molar-refractivity contribution in [2.75, 3.05) is 56.9 Å². The second-order valence-electron chi connectivity index (χ2n) is 19.5. The molecule has 0 radical (unpaired) electrons. The molecule has 360 valence electrons. The van der Waals surface area contributed by atoms with E-state index in [4.69, 9.17) is 55.0 Å². The van der Waals surface area contributed by atoms with Crippen LogP contribution in [-0.4, -0.2) is 120 Å². The molecule has 2 aromatic heterocycles. The number of halogens is 3. The van der Waals surface area contributed by atoms with Crippen molar-refractivity contribution in [1.29, 1.82) is 0 Å². The Hall–Kier alpha value is -5.71. The van der Waals surface area contributed by atoms with Gasteiger partial charge in [0.25, 0.3) is 0 Å². The van der Waals surface area contributed by atoms with Gasteiger partial charge in [-0.3, -0.25) is 9.80 Å². The van der Waals surface area contributed by atoms with Gasteiger partial charge in [-0.15, -0.1) is 0 Å². The average molecular weight is 955 g/mol. The lowest BCUT2D eigenvalue weighted by Gasteiger charge is -2.48. The Labute approximate surface area is 400 Å². The van der Waals surface area contributed by atoms with Crippen molar-refractivity contribution < 1.29 is 42.0 Å². The number of benzene rings is 3. The number of hydrogen-bond donors (Lipinski definition) is 0. The molecule has 5 aromatic rings. The van der Waals surface area contributed by atoms with Gasteiger partial charge in [-0.25, -0.2) is 18.6 Å². The quantitative estimate of drug-likeness (QED) is 0.125. The second-order valence-corrected chi connectivity index (χ2v) is 19.9. The van der Waals surface area contributed by atoms with Gasteiger partial charge in [0.15, 0.2) is 11.6 Å². The van der Waals surface area contributed by atoms with E-state index in [9.17, 15) is 4.79 Å². The Balaban J connectivity index is 1.09. The van der Waals surface area contributed by atoms with Gasteiger partial charge in [0.1, 0.15) is 52.2 Å². The van der Waals surface area contributed by atoms with Crippen LogP contribution in [-0.2, 0) is 22.6 Å². The number of aromatic nitrogens is 3. The molecule has 6 atom stereocenters. The van der Waals surface area contributed by atoms with Crippen LogP contribution in [0.3, 0.4) is 0 Å². The van der Waals surface area contributed by atoms with Gasteiger partial charge in [-0.2, -0.15) is 9.97 Å². The number of piperazine rings is 1. The molecule has 5 aliphatic heterocycles. The van der Waals surface area contributed by atoms with Gasteiger partial charge in [-0.05, 0) is 102 Å². The Bertz CT molecular complexity index is 2660. The van der Waals surface area contributed by atoms with Gasteiger partial charge in [0.2, 0.25) is 5.88 Å². The van der Waals surface area contributed by atoms with Crippen molar-refractivity contribution in [3.63, 3.8) is 0 Å². The first kappa shape index (κ1) is 46.0. The second kappa shape index (κ2) is 18.3. The smallest absolute Gasteiger partial charge is 0.410 e. The standard InChI is InChI=1S/C51H58ClF2N7O7/c1-28-41(52)37(22-39(42(28)53)58(23-30-8-15-35(63-6)16-9-30)24-31-10-17-36(64-7)18-11-31)44-43(54)45-40-47(57-49(56-45)66-27-34-13-12-33-26-65-21-20-59(33)34)60-25-32-14-19-38(46(60)29(2)67-48(40)55-44)61(32)50(62)68-51(3,4)5/h8-11,15-18,22,29,32-34,38,46H,12-14,19-21,23-27H2,1-7H3/t29-,32+,33-,34-,38-,46+/m0/s1. The van der Waals surface area contributed by atoms with E-state index in [2.05, 4.69) is 9.80 Å². The number of fused-ring (bicyclic) bond motifs is 6. The first-order valence-electron chi connectivity index (χ1n) is 23.5. The third-order valence-electron chi connectivity index (χ3n) is 14.1. The molecule has 0 aliphatic carbocycles. The van der Waals surface area contributed by atoms with Gasteiger partial charge in [-0.1, -0.05) is 35.9 Å². The molecule has 4 saturated heterocycles. The van der Waals surface area contributed by atoms with Crippen LogP contribution >= 0.6 is 11.6 Å². The summed E-state index contributed by atoms with van der Waals surface area (Å²) in [6.07, 6.45) is 2.41. The molecule has 3 aromatic carbocycles. The average Bonchev–Trinajstić information content (AvgIpc) is 3.85. The normalized spacial score (nSPS) is 23.1. The Kier molecular flexibility index (Phi) is 12.4. The summed E-state index contributed by atoms with van der Waals surface area (Å²) >= 11 is 7.10. The van der Waals surface area contributed by atoms with Crippen molar-refractivity contribution >= 4 is 40.1 Å². The highest BCUT2D eigenvalue weighted by Gasteiger charge is 2.54. The van der Waals surface area contributed by atoms with Gasteiger partial charge in [0, 0.05) is 49.4 Å². The number of methoxy groups -OCH3 is 2. The summed E-state index contributed by atoms with van der Waals surface area (Å²) in [4.78, 5) is 36.9. The summed E-state index contributed by atoms with van der Waals surface area (Å²) in [7, 11) is 3.20. The van der Waals surface area contributed by atoms with Crippen LogP contribution in [0, 0.1) is 18.6 Å². The summed E-state index contributed by atoms with van der Waals surface area (Å²) in [6.45, 7) is 12.5. The Morgan fingerprint density at radius 3 is 2.25 bits per heavy atom. The molecular weight excluding hydrogens is 896 g/mol. The van der Waals surface area contributed by atoms with E-state index in [-0.39, 0.29) is 87.6 Å². The van der Waals surface area contributed by atoms with E-state index in [1.54, 1.807) is 27.2 Å². The van der Waals surface area contributed by atoms with Crippen LogP contribution in [0.25, 0.3) is 22.2 Å². The minimum atomic E-state index is -0.785. The fraction of sp³-hybridized carbons (Fsp3) is 0.490. The lowest BCUT2D eigenvalue weighted by Crippen LogP contribution is -2.65. The van der Waals surface area contributed by atoms with Gasteiger partial charge in [0.05, 0.1) is 56.3 Å². The number of hydrogen-bond acceptors (Lipinski definition) is 13. The first-order valence-corrected chi connectivity index (χ1v) is 23.9. The molecule has 1 amide bonds. The van der Waals surface area contributed by atoms with Crippen LogP contribution in [0.1, 0.15) is 70.1 Å². The third-order valence-corrected chi connectivity index (χ3v) is 14.6. The molecule has 4 fully saturated rings. The molecule has 0 spiro atoms. The monoisotopic (exact) mass is 953 g/mol. The highest BCUT2D eigenvalue weighted by Crippen LogP contribution is 2.48. The van der Waals surface area contributed by atoms with Crippen LogP contribution in [0.2, 0.25) is 5.02 Å². The molecule has 68 heavy (non-hydrogen) atoms. The Morgan fingerprint density at radius 1 is 0.912 bits per heavy atom. The summed E-state index contributed by atoms with van der Waals surface area (Å²) in [6, 6.07) is 16.2. The number of nitrogens with zero attached hydrogens (tertiary/aromatic N) is 7. The molecule has 2 bridgehead atoms. The lowest BCUT2D eigenvalue weighted by molar-refractivity contribution is -0.0101. The number of amides is 1. The molecule has 17 heteroatoms. The van der Waals surface area contributed by atoms with Crippen molar-refractivity contribution in [1.82, 2.24) is 24.8 Å². The van der Waals surface area contributed by atoms with Crippen molar-refractivity contribution in [3.8, 4) is 34.6 Å². The fourth-order valence-corrected chi connectivity index (χ4v) is 11.1. The minimum absolute atomic E-state index is 0.00509. The molecule has 0 saturated carbocycles. The summed E-state index contributed by atoms with van der Waals surface area (Å²) in [5, 5.41) is 0.275. The topological polar surface area (TPSA) is 124 Å². The van der Waals surface area contributed by atoms with Crippen molar-refractivity contribution in [3.05, 3.63) is 87.9 Å². The zero-order valence-corrected chi connectivity index (χ0v) is 40.3. The maximum Gasteiger partial charge on any atom is 0.410 e. The molecule has 0 N–H and O–H groups in total. The van der Waals surface area contributed by atoms with Crippen LogP contribution in [0.15, 0.2) is 54.6 Å². The van der Waals surface area contributed by atoms with E-state index in [0.29, 0.717) is 56.1 Å². The van der Waals surface area contributed by atoms with E-state index >= 15 is 8.78 Å². The molecular formula is C51H58ClF2N7O7. The third kappa shape index (κ3) is 8.57. The minimum Gasteiger partial charge on any atom is -0.497 e. The number of anilines is 2. The summed E-state index contributed by atoms with van der Waals surface area (Å²) in [5.41, 5.74) is 1.32. The molecule has 7 heterocycles. The maximum absolute atomic E-state index is 18.0. The van der Waals surface area contributed by atoms with Crippen LogP contribution in [0.5, 0.6) is 23.4 Å². The fourth-order valence-electron chi connectivity index (χ4n) is 10.8. The van der Waals surface area contributed by atoms with Crippen molar-refractivity contribution in [2.24, 2.45) is 0 Å². The molecule has 0 unspecified atom stereocenters. The summed E-state index contributed by atoms with van der Waals surface area (Å²) < 4.78 is 70.7. The number of ether oxygens (including phenoxy) is 6. The summed E-state index contributed by atoms with van der Waals surface area (Å²) in [5.74, 6) is 0.548. The number of rotatable bonds is 11. The van der Waals surface area contributed by atoms with Gasteiger partial charge < -0.3 is 38.2 Å². The Morgan fingerprint density at radius 2 is 1.59 bits per heavy atom. The number of morpholine rings is 1. The SMILES string of the molecule is COc1ccc(CN(Cc2ccc(OC)cc2)c2cc(-c3nc4c5c(nc(OC[C@@H]6CC[C@H]7COCCN76)nc5c3F)N3C[C@H]5CC[C@@H]([C@H]3[C@H](C)O4)N5C(=O)OC(C)(C)C)c(Cl)c(C)c2F)cc1. The maximum atomic E-state index is 18.0. The van der Waals surface area contributed by atoms with Crippen LogP contribution < -0.4 is 28.7 Å². The predicted octanol–water partition coefficient (Wildman–Crippen LogP) is 9.14. The number of carbonyl (C=O) groups is 1. The predicted molar refractivity (Wildman–Crippen MR) is 254 cm³/mol. The lowest BCUT2D eigenvalue weighted by atomic mass is 9.98. The molecule has 5 aliphatic rings.